The number of hydrazone groups is 1. The summed E-state index contributed by atoms with van der Waals surface area (Å²) in [6, 6.07) is 14.9. The molecule has 0 spiro atoms. The molecule has 35 heavy (non-hydrogen) atoms. The molecule has 0 unspecified atom stereocenters. The van der Waals surface area contributed by atoms with Crippen LogP contribution in [0.3, 0.4) is 0 Å². The molecule has 182 valence electrons. The predicted molar refractivity (Wildman–Crippen MR) is 136 cm³/mol. The summed E-state index contributed by atoms with van der Waals surface area (Å²) in [4.78, 5) is 24.3. The summed E-state index contributed by atoms with van der Waals surface area (Å²) in [5, 5.41) is 6.45. The number of nitrogens with zero attached hydrogens (tertiary/aromatic N) is 1. The van der Waals surface area contributed by atoms with Crippen molar-refractivity contribution in [3.63, 3.8) is 0 Å². The molecule has 3 aromatic carbocycles. The second-order valence-electron chi connectivity index (χ2n) is 7.65. The second kappa shape index (κ2) is 12.1. The Hall–Kier alpha value is -3.72. The third kappa shape index (κ3) is 7.38. The maximum atomic E-state index is 13.1. The predicted octanol–water partition coefficient (Wildman–Crippen LogP) is 5.27. The highest BCUT2D eigenvalue weighted by Gasteiger charge is 2.15. The minimum absolute atomic E-state index is 0.220. The van der Waals surface area contributed by atoms with Gasteiger partial charge in [0.25, 0.3) is 0 Å². The Morgan fingerprint density at radius 1 is 1.03 bits per heavy atom. The van der Waals surface area contributed by atoms with Crippen molar-refractivity contribution in [2.24, 2.45) is 5.10 Å². The zero-order valence-corrected chi connectivity index (χ0v) is 21.1. The first kappa shape index (κ1) is 25.9. The molecule has 0 aromatic heterocycles. The zero-order chi connectivity index (χ0) is 25.4. The molecule has 3 aromatic rings. The number of carbonyl (C=O) groups is 2. The van der Waals surface area contributed by atoms with E-state index in [2.05, 4.69) is 31.8 Å². The first-order valence-corrected chi connectivity index (χ1v) is 11.6. The fourth-order valence-corrected chi connectivity index (χ4v) is 3.72. The lowest BCUT2D eigenvalue weighted by Gasteiger charge is -2.14. The number of nitrogens with one attached hydrogen (secondary N) is 2. The molecular weight excluding hydrogens is 517 g/mol. The third-order valence-electron chi connectivity index (χ3n) is 4.84. The first-order valence-electron chi connectivity index (χ1n) is 10.8. The van der Waals surface area contributed by atoms with E-state index in [9.17, 15) is 14.0 Å². The van der Waals surface area contributed by atoms with Crippen LogP contribution >= 0.6 is 15.9 Å². The van der Waals surface area contributed by atoms with E-state index in [0.29, 0.717) is 33.8 Å². The number of rotatable bonds is 8. The molecule has 0 fully saturated rings. The first-order chi connectivity index (χ1) is 16.8. The lowest BCUT2D eigenvalue weighted by atomic mass is 10.1. The van der Waals surface area contributed by atoms with Crippen LogP contribution < -0.4 is 20.2 Å². The molecule has 0 heterocycles. The summed E-state index contributed by atoms with van der Waals surface area (Å²) >= 11 is 3.47. The van der Waals surface area contributed by atoms with Crippen LogP contribution in [0.15, 0.2) is 64.2 Å². The number of halogens is 2. The van der Waals surface area contributed by atoms with Crippen molar-refractivity contribution >= 4 is 39.6 Å². The third-order valence-corrected chi connectivity index (χ3v) is 5.43. The standard InChI is InChI=1S/C26H25BrFN3O4/c1-4-34-23-13-19(12-21(27)24(23)35-15-18-6-8-20(28)9-7-18)14-29-31-26(33)25(32)30-22-10-5-16(2)11-17(22)3/h5-14H,4,15H2,1-3H3,(H,30,32)(H,31,33)/b29-14+. The van der Waals surface area contributed by atoms with Gasteiger partial charge in [-0.05, 0) is 83.7 Å². The molecule has 0 atom stereocenters. The molecule has 9 heteroatoms. The largest absolute Gasteiger partial charge is 0.490 e. The normalized spacial score (nSPS) is 10.8. The van der Waals surface area contributed by atoms with Gasteiger partial charge in [-0.3, -0.25) is 9.59 Å². The topological polar surface area (TPSA) is 89.0 Å². The molecule has 2 amide bonds. The van der Waals surface area contributed by atoms with Gasteiger partial charge in [0.2, 0.25) is 0 Å². The molecule has 2 N–H and O–H groups in total. The number of carbonyl (C=O) groups excluding carboxylic acids is 2. The van der Waals surface area contributed by atoms with Crippen molar-refractivity contribution in [3.8, 4) is 11.5 Å². The second-order valence-corrected chi connectivity index (χ2v) is 8.50. The fourth-order valence-electron chi connectivity index (χ4n) is 3.15. The molecule has 0 saturated heterocycles. The maximum Gasteiger partial charge on any atom is 0.329 e. The number of aryl methyl sites for hydroxylation is 2. The summed E-state index contributed by atoms with van der Waals surface area (Å²) in [6.07, 6.45) is 1.39. The van der Waals surface area contributed by atoms with Gasteiger partial charge in [0.1, 0.15) is 12.4 Å². The Morgan fingerprint density at radius 3 is 2.46 bits per heavy atom. The zero-order valence-electron chi connectivity index (χ0n) is 19.5. The average Bonchev–Trinajstić information content (AvgIpc) is 2.81. The van der Waals surface area contributed by atoms with Gasteiger partial charge in [0.05, 0.1) is 17.3 Å². The lowest BCUT2D eigenvalue weighted by Crippen LogP contribution is -2.32. The molecule has 7 nitrogen and oxygen atoms in total. The van der Waals surface area contributed by atoms with Crippen LogP contribution in [0.1, 0.15) is 29.2 Å². The van der Waals surface area contributed by atoms with Crippen molar-refractivity contribution in [2.75, 3.05) is 11.9 Å². The molecular formula is C26H25BrFN3O4. The van der Waals surface area contributed by atoms with Crippen molar-refractivity contribution in [2.45, 2.75) is 27.4 Å². The minimum Gasteiger partial charge on any atom is -0.490 e. The van der Waals surface area contributed by atoms with Crippen LogP contribution in [0.5, 0.6) is 11.5 Å². The van der Waals surface area contributed by atoms with Gasteiger partial charge in [-0.15, -0.1) is 0 Å². The number of ether oxygens (including phenoxy) is 2. The Balaban J connectivity index is 1.65. The quantitative estimate of drug-likeness (QED) is 0.231. The summed E-state index contributed by atoms with van der Waals surface area (Å²) in [6.45, 7) is 6.25. The monoisotopic (exact) mass is 541 g/mol. The van der Waals surface area contributed by atoms with Crippen LogP contribution in [0.25, 0.3) is 0 Å². The van der Waals surface area contributed by atoms with E-state index in [0.717, 1.165) is 16.7 Å². The maximum absolute atomic E-state index is 13.1. The SMILES string of the molecule is CCOc1cc(/C=N/NC(=O)C(=O)Nc2ccc(C)cc2C)cc(Br)c1OCc1ccc(F)cc1. The Labute approximate surface area is 211 Å². The minimum atomic E-state index is -0.899. The van der Waals surface area contributed by atoms with E-state index in [-0.39, 0.29) is 12.4 Å². The number of benzene rings is 3. The molecule has 0 aliphatic rings. The van der Waals surface area contributed by atoms with Crippen molar-refractivity contribution < 1.29 is 23.5 Å². The van der Waals surface area contributed by atoms with Gasteiger partial charge in [0, 0.05) is 5.69 Å². The van der Waals surface area contributed by atoms with E-state index < -0.39 is 11.8 Å². The van der Waals surface area contributed by atoms with Gasteiger partial charge in [0.15, 0.2) is 11.5 Å². The summed E-state index contributed by atoms with van der Waals surface area (Å²) in [5.41, 5.74) is 6.08. The van der Waals surface area contributed by atoms with E-state index in [1.54, 1.807) is 30.3 Å². The van der Waals surface area contributed by atoms with Crippen LogP contribution in [0.2, 0.25) is 0 Å². The molecule has 0 radical (unpaired) electrons. The summed E-state index contributed by atoms with van der Waals surface area (Å²) < 4.78 is 25.3. The van der Waals surface area contributed by atoms with Crippen LogP contribution in [0.4, 0.5) is 10.1 Å². The van der Waals surface area contributed by atoms with Gasteiger partial charge in [-0.25, -0.2) is 9.82 Å². The van der Waals surface area contributed by atoms with Gasteiger partial charge in [-0.2, -0.15) is 5.10 Å². The highest BCUT2D eigenvalue weighted by atomic mass is 79.9. The van der Waals surface area contributed by atoms with Crippen molar-refractivity contribution in [1.29, 1.82) is 0 Å². The van der Waals surface area contributed by atoms with Crippen LogP contribution in [0, 0.1) is 19.7 Å². The molecule has 0 bridgehead atoms. The van der Waals surface area contributed by atoms with E-state index in [1.165, 1.54) is 18.3 Å². The number of hydrogen-bond acceptors (Lipinski definition) is 5. The molecule has 0 aliphatic carbocycles. The molecule has 3 rings (SSSR count). The van der Waals surface area contributed by atoms with Crippen LogP contribution in [-0.4, -0.2) is 24.6 Å². The van der Waals surface area contributed by atoms with Gasteiger partial charge >= 0.3 is 11.8 Å². The summed E-state index contributed by atoms with van der Waals surface area (Å²) in [5.74, 6) is -1.10. The average molecular weight is 542 g/mol. The summed E-state index contributed by atoms with van der Waals surface area (Å²) in [7, 11) is 0. The Kier molecular flexibility index (Phi) is 8.97. The number of anilines is 1. The van der Waals surface area contributed by atoms with E-state index in [1.807, 2.05) is 32.9 Å². The van der Waals surface area contributed by atoms with Crippen molar-refractivity contribution in [1.82, 2.24) is 5.43 Å². The molecule has 0 saturated carbocycles. The highest BCUT2D eigenvalue weighted by Crippen LogP contribution is 2.37. The molecule has 0 aliphatic heterocycles. The van der Waals surface area contributed by atoms with Crippen molar-refractivity contribution in [3.05, 3.63) is 87.1 Å². The number of amides is 2. The van der Waals surface area contributed by atoms with Gasteiger partial charge in [-0.1, -0.05) is 29.8 Å². The van der Waals surface area contributed by atoms with E-state index >= 15 is 0 Å². The Morgan fingerprint density at radius 2 is 1.77 bits per heavy atom. The fraction of sp³-hybridized carbons (Fsp3) is 0.192. The Bertz CT molecular complexity index is 1250. The van der Waals surface area contributed by atoms with E-state index in [4.69, 9.17) is 9.47 Å². The van der Waals surface area contributed by atoms with Gasteiger partial charge < -0.3 is 14.8 Å². The highest BCUT2D eigenvalue weighted by molar-refractivity contribution is 9.10. The lowest BCUT2D eigenvalue weighted by molar-refractivity contribution is -0.136. The number of hydrogen-bond donors (Lipinski definition) is 2. The smallest absolute Gasteiger partial charge is 0.329 e. The van der Waals surface area contributed by atoms with Crippen LogP contribution in [-0.2, 0) is 16.2 Å².